The van der Waals surface area contributed by atoms with Crippen molar-refractivity contribution in [2.45, 2.75) is 6.54 Å². The van der Waals surface area contributed by atoms with Crippen LogP contribution in [0.2, 0.25) is 10.0 Å². The minimum absolute atomic E-state index is 0.0867. The van der Waals surface area contributed by atoms with Gasteiger partial charge >= 0.3 is 0 Å². The molecule has 2 nitrogen and oxygen atoms in total. The molecule has 0 saturated heterocycles. The van der Waals surface area contributed by atoms with Gasteiger partial charge in [0.15, 0.2) is 5.78 Å². The van der Waals surface area contributed by atoms with E-state index in [0.29, 0.717) is 16.6 Å². The number of fused-ring (bicyclic) bond motifs is 1. The molecule has 0 N–H and O–H groups in total. The van der Waals surface area contributed by atoms with Gasteiger partial charge in [0.25, 0.3) is 0 Å². The van der Waals surface area contributed by atoms with E-state index in [1.807, 2.05) is 40.4 Å². The number of carbonyl (C=O) groups is 1. The molecule has 0 spiro atoms. The fraction of sp³-hybridized carbons (Fsp3) is 0.0714. The first kappa shape index (κ1) is 12.7. The smallest absolute Gasteiger partial charge is 0.192 e. The van der Waals surface area contributed by atoms with Crippen LogP contribution in [0.5, 0.6) is 0 Å². The first-order valence-electron chi connectivity index (χ1n) is 5.66. The SMILES string of the molecule is O=C(Cn1ccc2c(Cl)cc(Cl)cc21)c1cccs1. The third-order valence-electron chi connectivity index (χ3n) is 2.91. The lowest BCUT2D eigenvalue weighted by molar-refractivity contribution is 0.0977. The molecule has 1 aromatic carbocycles. The molecular formula is C14H9Cl2NOS. The van der Waals surface area contributed by atoms with Crippen molar-refractivity contribution < 1.29 is 4.79 Å². The van der Waals surface area contributed by atoms with Crippen LogP contribution in [0.3, 0.4) is 0 Å². The van der Waals surface area contributed by atoms with Crippen LogP contribution in [-0.2, 0) is 6.54 Å². The monoisotopic (exact) mass is 309 g/mol. The van der Waals surface area contributed by atoms with Gasteiger partial charge in [-0.3, -0.25) is 4.79 Å². The molecule has 0 aliphatic heterocycles. The van der Waals surface area contributed by atoms with Crippen LogP contribution in [-0.4, -0.2) is 10.4 Å². The molecule has 0 fully saturated rings. The Hall–Kier alpha value is -1.29. The predicted octanol–water partition coefficient (Wildman–Crippen LogP) is 4.89. The highest BCUT2D eigenvalue weighted by Crippen LogP contribution is 2.29. The van der Waals surface area contributed by atoms with Gasteiger partial charge in [-0.25, -0.2) is 0 Å². The van der Waals surface area contributed by atoms with Crippen molar-refractivity contribution >= 4 is 51.2 Å². The largest absolute Gasteiger partial charge is 0.340 e. The van der Waals surface area contributed by atoms with E-state index in [4.69, 9.17) is 23.2 Å². The van der Waals surface area contributed by atoms with Crippen LogP contribution in [0.15, 0.2) is 41.9 Å². The molecule has 2 heterocycles. The van der Waals surface area contributed by atoms with E-state index in [2.05, 4.69) is 0 Å². The summed E-state index contributed by atoms with van der Waals surface area (Å²) in [6.07, 6.45) is 1.86. The average molecular weight is 310 g/mol. The highest BCUT2D eigenvalue weighted by molar-refractivity contribution is 7.12. The molecule has 0 radical (unpaired) electrons. The number of rotatable bonds is 3. The summed E-state index contributed by atoms with van der Waals surface area (Å²) in [7, 11) is 0. The fourth-order valence-corrected chi connectivity index (χ4v) is 3.23. The van der Waals surface area contributed by atoms with E-state index in [-0.39, 0.29) is 5.78 Å². The third-order valence-corrected chi connectivity index (χ3v) is 4.35. The molecule has 0 aliphatic rings. The second-order valence-corrected chi connectivity index (χ2v) is 5.96. The van der Waals surface area contributed by atoms with Crippen molar-refractivity contribution in [2.24, 2.45) is 0 Å². The molecule has 0 saturated carbocycles. The highest BCUT2D eigenvalue weighted by atomic mass is 35.5. The normalized spacial score (nSPS) is 11.1. The maximum atomic E-state index is 12.1. The van der Waals surface area contributed by atoms with E-state index >= 15 is 0 Å². The molecule has 3 aromatic rings. The molecule has 0 aliphatic carbocycles. The number of aromatic nitrogens is 1. The third kappa shape index (κ3) is 2.41. The Labute approximate surface area is 124 Å². The minimum atomic E-state index is 0.0867. The van der Waals surface area contributed by atoms with Gasteiger partial charge in [0, 0.05) is 16.6 Å². The first-order valence-corrected chi connectivity index (χ1v) is 7.29. The van der Waals surface area contributed by atoms with E-state index in [1.165, 1.54) is 11.3 Å². The lowest BCUT2D eigenvalue weighted by Crippen LogP contribution is -2.07. The number of hydrogen-bond acceptors (Lipinski definition) is 2. The number of thiophene rings is 1. The molecule has 2 aromatic heterocycles. The summed E-state index contributed by atoms with van der Waals surface area (Å²) in [6, 6.07) is 9.13. The van der Waals surface area contributed by atoms with Crippen LogP contribution in [0.4, 0.5) is 0 Å². The van der Waals surface area contributed by atoms with E-state index < -0.39 is 0 Å². The standard InChI is InChI=1S/C14H9Cl2NOS/c15-9-6-11(16)10-3-4-17(12(10)7-9)8-13(18)14-2-1-5-19-14/h1-7H,8H2. The lowest BCUT2D eigenvalue weighted by Gasteiger charge is -2.04. The Morgan fingerprint density at radius 1 is 1.26 bits per heavy atom. The van der Waals surface area contributed by atoms with Gasteiger partial charge in [0.1, 0.15) is 0 Å². The van der Waals surface area contributed by atoms with Crippen LogP contribution in [0, 0.1) is 0 Å². The molecule has 0 amide bonds. The summed E-state index contributed by atoms with van der Waals surface area (Å²) in [5, 5.41) is 3.98. The van der Waals surface area contributed by atoms with Crippen LogP contribution in [0.25, 0.3) is 10.9 Å². The molecule has 3 rings (SSSR count). The van der Waals surface area contributed by atoms with E-state index in [0.717, 1.165) is 15.8 Å². The number of halogens is 2. The summed E-state index contributed by atoms with van der Waals surface area (Å²) < 4.78 is 1.87. The van der Waals surface area contributed by atoms with Crippen molar-refractivity contribution in [3.05, 3.63) is 56.8 Å². The number of nitrogens with zero attached hydrogens (tertiary/aromatic N) is 1. The number of hydrogen-bond donors (Lipinski definition) is 0. The second kappa shape index (κ2) is 5.00. The Kier molecular flexibility index (Phi) is 3.35. The van der Waals surface area contributed by atoms with Gasteiger partial charge in [-0.1, -0.05) is 29.3 Å². The van der Waals surface area contributed by atoms with Gasteiger partial charge in [0.05, 0.1) is 22.0 Å². The van der Waals surface area contributed by atoms with E-state index in [9.17, 15) is 4.79 Å². The van der Waals surface area contributed by atoms with E-state index in [1.54, 1.807) is 6.07 Å². The Morgan fingerprint density at radius 2 is 2.11 bits per heavy atom. The first-order chi connectivity index (χ1) is 9.15. The summed E-state index contributed by atoms with van der Waals surface area (Å²) in [4.78, 5) is 12.9. The van der Waals surface area contributed by atoms with Crippen LogP contribution < -0.4 is 0 Å². The molecule has 0 bridgehead atoms. The van der Waals surface area contributed by atoms with Gasteiger partial charge in [-0.2, -0.15) is 0 Å². The van der Waals surface area contributed by atoms with Gasteiger partial charge in [-0.15, -0.1) is 11.3 Å². The van der Waals surface area contributed by atoms with Crippen molar-refractivity contribution in [3.8, 4) is 0 Å². The summed E-state index contributed by atoms with van der Waals surface area (Å²) in [6.45, 7) is 0.292. The van der Waals surface area contributed by atoms with Crippen LogP contribution in [0.1, 0.15) is 9.67 Å². The summed E-state index contributed by atoms with van der Waals surface area (Å²) in [5.74, 6) is 0.0867. The average Bonchev–Trinajstić information content (AvgIpc) is 2.99. The topological polar surface area (TPSA) is 22.0 Å². The maximum Gasteiger partial charge on any atom is 0.192 e. The molecule has 5 heteroatoms. The van der Waals surface area contributed by atoms with Gasteiger partial charge < -0.3 is 4.57 Å². The zero-order chi connectivity index (χ0) is 13.4. The number of carbonyl (C=O) groups excluding carboxylic acids is 1. The van der Waals surface area contributed by atoms with Crippen molar-refractivity contribution in [1.82, 2.24) is 4.57 Å². The molecule has 0 unspecified atom stereocenters. The van der Waals surface area contributed by atoms with Crippen LogP contribution >= 0.6 is 34.5 Å². The molecular weight excluding hydrogens is 301 g/mol. The molecule has 0 atom stereocenters. The predicted molar refractivity (Wildman–Crippen MR) is 80.6 cm³/mol. The fourth-order valence-electron chi connectivity index (χ4n) is 2.03. The zero-order valence-corrected chi connectivity index (χ0v) is 12.1. The quantitative estimate of drug-likeness (QED) is 0.631. The molecule has 19 heavy (non-hydrogen) atoms. The number of Topliss-reactive ketones (excluding diaryl/α,β-unsaturated/α-hetero) is 1. The number of ketones is 1. The lowest BCUT2D eigenvalue weighted by atomic mass is 10.2. The van der Waals surface area contributed by atoms with Crippen molar-refractivity contribution in [1.29, 1.82) is 0 Å². The Morgan fingerprint density at radius 3 is 2.84 bits per heavy atom. The minimum Gasteiger partial charge on any atom is -0.340 e. The summed E-state index contributed by atoms with van der Waals surface area (Å²) >= 11 is 13.6. The zero-order valence-electron chi connectivity index (χ0n) is 9.77. The number of benzene rings is 1. The maximum absolute atomic E-state index is 12.1. The van der Waals surface area contributed by atoms with Crippen molar-refractivity contribution in [2.75, 3.05) is 0 Å². The van der Waals surface area contributed by atoms with Gasteiger partial charge in [0.2, 0.25) is 0 Å². The summed E-state index contributed by atoms with van der Waals surface area (Å²) in [5.41, 5.74) is 0.877. The van der Waals surface area contributed by atoms with Crippen molar-refractivity contribution in [3.63, 3.8) is 0 Å². The Balaban J connectivity index is 2.00. The molecule has 96 valence electrons. The highest BCUT2D eigenvalue weighted by Gasteiger charge is 2.11. The van der Waals surface area contributed by atoms with Gasteiger partial charge in [-0.05, 0) is 29.6 Å². The Bertz CT molecular complexity index is 746. The second-order valence-electron chi connectivity index (χ2n) is 4.16.